The number of carbonyl (C=O) groups is 1. The normalized spacial score (nSPS) is 11.4. The van der Waals surface area contributed by atoms with Crippen LogP contribution in [0.3, 0.4) is 0 Å². The molecule has 8 nitrogen and oxygen atoms in total. The average Bonchev–Trinajstić information content (AvgIpc) is 3.23. The van der Waals surface area contributed by atoms with Crippen molar-refractivity contribution in [2.45, 2.75) is 45.4 Å². The van der Waals surface area contributed by atoms with Gasteiger partial charge in [-0.3, -0.25) is 4.57 Å². The Balaban J connectivity index is 1.62. The van der Waals surface area contributed by atoms with Crippen molar-refractivity contribution < 1.29 is 18.3 Å². The van der Waals surface area contributed by atoms with Crippen LogP contribution in [0.5, 0.6) is 0 Å². The second-order valence-corrected chi connectivity index (χ2v) is 10.8. The largest absolute Gasteiger partial charge is 0.464 e. The zero-order chi connectivity index (χ0) is 26.9. The van der Waals surface area contributed by atoms with Crippen LogP contribution in [0.25, 0.3) is 16.7 Å². The molecule has 3 aromatic carbocycles. The van der Waals surface area contributed by atoms with Crippen LogP contribution in [0.15, 0.2) is 59.5 Å². The molecule has 1 amide bonds. The molecule has 0 unspecified atom stereocenters. The molecule has 4 aromatic rings. The maximum Gasteiger partial charge on any atom is 0.421 e. The van der Waals surface area contributed by atoms with Crippen LogP contribution in [0.4, 0.5) is 4.79 Å². The number of nitriles is 1. The van der Waals surface area contributed by atoms with Crippen LogP contribution in [0.2, 0.25) is 0 Å². The predicted octanol–water partition coefficient (Wildman–Crippen LogP) is 5.30. The number of rotatable bonds is 7. The molecule has 0 spiro atoms. The fourth-order valence-corrected chi connectivity index (χ4v) is 5.75. The third kappa shape index (κ3) is 4.80. The molecule has 190 valence electrons. The Labute approximate surface area is 216 Å². The molecule has 0 atom stereocenters. The van der Waals surface area contributed by atoms with Crippen LogP contribution in [0, 0.1) is 32.1 Å². The topological polar surface area (TPSA) is 116 Å². The Morgan fingerprint density at radius 1 is 1.08 bits per heavy atom. The number of sulfonamides is 1. The first kappa shape index (κ1) is 25.9. The number of nitrogens with zero attached hydrogens (tertiary/aromatic N) is 4. The highest BCUT2D eigenvalue weighted by molar-refractivity contribution is 7.89. The van der Waals surface area contributed by atoms with E-state index >= 15 is 0 Å². The molecule has 0 bridgehead atoms. The molecule has 0 fully saturated rings. The number of aromatic nitrogens is 2. The summed E-state index contributed by atoms with van der Waals surface area (Å²) in [5.74, 6) is 0.863. The molecule has 9 heteroatoms. The summed E-state index contributed by atoms with van der Waals surface area (Å²) < 4.78 is 28.4. The minimum atomic E-state index is -4.18. The van der Waals surface area contributed by atoms with Crippen molar-refractivity contribution >= 4 is 27.1 Å². The van der Waals surface area contributed by atoms with Crippen LogP contribution in [0.1, 0.15) is 40.6 Å². The summed E-state index contributed by atoms with van der Waals surface area (Å²) in [5, 5.41) is 19.2. The lowest BCUT2D eigenvalue weighted by molar-refractivity contribution is 0.172. The van der Waals surface area contributed by atoms with E-state index in [0.717, 1.165) is 44.8 Å². The van der Waals surface area contributed by atoms with E-state index in [9.17, 15) is 23.6 Å². The van der Waals surface area contributed by atoms with E-state index in [4.69, 9.17) is 4.98 Å². The summed E-state index contributed by atoms with van der Waals surface area (Å²) in [6.45, 7) is 7.47. The summed E-state index contributed by atoms with van der Waals surface area (Å²) in [6.07, 6.45) is -0.592. The molecular formula is C28H28N4O4S. The van der Waals surface area contributed by atoms with Gasteiger partial charge in [0.05, 0.1) is 27.6 Å². The lowest BCUT2D eigenvalue weighted by Gasteiger charge is -2.19. The number of aryl methyl sites for hydroxylation is 4. The molecule has 0 saturated heterocycles. The quantitative estimate of drug-likeness (QED) is 0.356. The van der Waals surface area contributed by atoms with Gasteiger partial charge in [-0.15, -0.1) is 0 Å². The van der Waals surface area contributed by atoms with E-state index in [2.05, 4.69) is 10.6 Å². The van der Waals surface area contributed by atoms with Crippen molar-refractivity contribution in [1.82, 2.24) is 13.9 Å². The number of hydrogen-bond donors (Lipinski definition) is 1. The van der Waals surface area contributed by atoms with Gasteiger partial charge in [0.15, 0.2) is 0 Å². The summed E-state index contributed by atoms with van der Waals surface area (Å²) in [5.41, 5.74) is 6.65. The van der Waals surface area contributed by atoms with Crippen LogP contribution < -0.4 is 0 Å². The lowest BCUT2D eigenvalue weighted by Crippen LogP contribution is -2.37. The van der Waals surface area contributed by atoms with Crippen molar-refractivity contribution in [2.24, 2.45) is 0 Å². The van der Waals surface area contributed by atoms with Crippen molar-refractivity contribution in [3.8, 4) is 11.8 Å². The molecule has 0 aliphatic carbocycles. The highest BCUT2D eigenvalue weighted by Gasteiger charge is 2.28. The van der Waals surface area contributed by atoms with Gasteiger partial charge in [-0.1, -0.05) is 36.8 Å². The SMILES string of the molecule is CCc1nc2c(C)c(C#N)c(C)cc2n1-c1ccc(CCN(C(=O)O)S(=O)(=O)c2ccc(C)cc2)cc1. The van der Waals surface area contributed by atoms with Crippen molar-refractivity contribution in [2.75, 3.05) is 6.54 Å². The number of hydrogen-bond acceptors (Lipinski definition) is 5. The van der Waals surface area contributed by atoms with E-state index in [1.54, 1.807) is 12.1 Å². The van der Waals surface area contributed by atoms with E-state index in [1.807, 2.05) is 58.0 Å². The Kier molecular flexibility index (Phi) is 7.05. The molecular weight excluding hydrogens is 488 g/mol. The standard InChI is InChI=1S/C28H28N4O4S/c1-5-26-30-27-20(4)24(17-29)19(3)16-25(27)32(26)22-10-8-21(9-11-22)14-15-31(28(33)34)37(35,36)23-12-6-18(2)7-13-23/h6-13,16H,5,14-15H2,1-4H3,(H,33,34). The van der Waals surface area contributed by atoms with Gasteiger partial charge in [-0.2, -0.15) is 5.26 Å². The van der Waals surface area contributed by atoms with Crippen LogP contribution in [-0.4, -0.2) is 40.0 Å². The maximum atomic E-state index is 12.9. The van der Waals surface area contributed by atoms with Gasteiger partial charge in [0.25, 0.3) is 10.0 Å². The number of imidazole rings is 1. The number of amides is 1. The Morgan fingerprint density at radius 3 is 2.30 bits per heavy atom. The fraction of sp³-hybridized carbons (Fsp3) is 0.250. The first-order valence-corrected chi connectivity index (χ1v) is 13.4. The maximum absolute atomic E-state index is 12.9. The van der Waals surface area contributed by atoms with Crippen molar-refractivity contribution in [3.05, 3.63) is 88.2 Å². The third-order valence-electron chi connectivity index (χ3n) is 6.51. The third-order valence-corrected chi connectivity index (χ3v) is 8.30. The highest BCUT2D eigenvalue weighted by atomic mass is 32.2. The fourth-order valence-electron chi connectivity index (χ4n) is 4.48. The summed E-state index contributed by atoms with van der Waals surface area (Å²) >= 11 is 0. The zero-order valence-corrected chi connectivity index (χ0v) is 22.0. The smallest absolute Gasteiger partial charge is 0.421 e. The second-order valence-electron chi connectivity index (χ2n) is 8.98. The van der Waals surface area contributed by atoms with E-state index in [0.29, 0.717) is 16.3 Å². The number of fused-ring (bicyclic) bond motifs is 1. The first-order chi connectivity index (χ1) is 17.6. The number of carboxylic acid groups (broad SMARTS) is 1. The molecule has 1 aromatic heterocycles. The van der Waals surface area contributed by atoms with Gasteiger partial charge in [0.1, 0.15) is 5.82 Å². The average molecular weight is 517 g/mol. The summed E-state index contributed by atoms with van der Waals surface area (Å²) in [4.78, 5) is 16.6. The lowest BCUT2D eigenvalue weighted by atomic mass is 10.0. The molecule has 37 heavy (non-hydrogen) atoms. The summed E-state index contributed by atoms with van der Waals surface area (Å²) in [7, 11) is -4.18. The zero-order valence-electron chi connectivity index (χ0n) is 21.2. The van der Waals surface area contributed by atoms with E-state index in [-0.39, 0.29) is 17.9 Å². The van der Waals surface area contributed by atoms with Gasteiger partial charge < -0.3 is 5.11 Å². The molecule has 1 heterocycles. The molecule has 0 saturated carbocycles. The van der Waals surface area contributed by atoms with E-state index < -0.39 is 16.1 Å². The monoisotopic (exact) mass is 516 g/mol. The van der Waals surface area contributed by atoms with Crippen LogP contribution in [-0.2, 0) is 22.9 Å². The minimum Gasteiger partial charge on any atom is -0.464 e. The van der Waals surface area contributed by atoms with Gasteiger partial charge in [0, 0.05) is 18.7 Å². The molecule has 0 aliphatic rings. The first-order valence-electron chi connectivity index (χ1n) is 11.9. The number of benzene rings is 3. The van der Waals surface area contributed by atoms with Gasteiger partial charge in [-0.25, -0.2) is 22.5 Å². The predicted molar refractivity (Wildman–Crippen MR) is 141 cm³/mol. The molecule has 0 radical (unpaired) electrons. The summed E-state index contributed by atoms with van der Waals surface area (Å²) in [6, 6.07) is 17.9. The highest BCUT2D eigenvalue weighted by Crippen LogP contribution is 2.29. The van der Waals surface area contributed by atoms with E-state index in [1.165, 1.54) is 12.1 Å². The Hall–Kier alpha value is -4.16. The second kappa shape index (κ2) is 10.1. The minimum absolute atomic E-state index is 0.0555. The Bertz CT molecular complexity index is 1630. The Morgan fingerprint density at radius 2 is 1.73 bits per heavy atom. The van der Waals surface area contributed by atoms with Gasteiger partial charge in [-0.05, 0) is 74.2 Å². The van der Waals surface area contributed by atoms with Gasteiger partial charge >= 0.3 is 6.09 Å². The van der Waals surface area contributed by atoms with Crippen LogP contribution >= 0.6 is 0 Å². The van der Waals surface area contributed by atoms with Crippen molar-refractivity contribution in [1.29, 1.82) is 5.26 Å². The van der Waals surface area contributed by atoms with Crippen molar-refractivity contribution in [3.63, 3.8) is 0 Å². The molecule has 1 N–H and O–H groups in total. The molecule has 0 aliphatic heterocycles. The van der Waals surface area contributed by atoms with Gasteiger partial charge in [0.2, 0.25) is 0 Å². The molecule has 4 rings (SSSR count).